The molecule has 0 bridgehead atoms. The van der Waals surface area contributed by atoms with Crippen LogP contribution in [0.5, 0.6) is 0 Å². The third-order valence-electron chi connectivity index (χ3n) is 4.28. The second kappa shape index (κ2) is 7.79. The standard InChI is InChI=1S/C21H23N2.HI/c1-16-15-18-7-5-6-8-21(18)23(4)20(16)14-11-17-9-12-19(13-10-17)22(2)3;/h5-15H,1-4H3;1H/q+1;/p-1. The first-order chi connectivity index (χ1) is 11.1. The first-order valence-corrected chi connectivity index (χ1v) is 7.90. The molecule has 0 fully saturated rings. The molecule has 0 unspecified atom stereocenters. The van der Waals surface area contributed by atoms with Crippen LogP contribution in [0.25, 0.3) is 23.1 Å². The van der Waals surface area contributed by atoms with Crippen LogP contribution >= 0.6 is 0 Å². The minimum Gasteiger partial charge on any atom is -1.00 e. The first-order valence-electron chi connectivity index (χ1n) is 7.90. The summed E-state index contributed by atoms with van der Waals surface area (Å²) in [5, 5.41) is 1.28. The molecular weight excluding hydrogens is 407 g/mol. The highest BCUT2D eigenvalue weighted by molar-refractivity contribution is 5.78. The molecule has 0 aliphatic heterocycles. The van der Waals surface area contributed by atoms with Crippen molar-refractivity contribution in [2.45, 2.75) is 6.92 Å². The summed E-state index contributed by atoms with van der Waals surface area (Å²) in [5.74, 6) is 0. The van der Waals surface area contributed by atoms with E-state index in [1.54, 1.807) is 0 Å². The van der Waals surface area contributed by atoms with E-state index >= 15 is 0 Å². The van der Waals surface area contributed by atoms with Gasteiger partial charge < -0.3 is 28.9 Å². The summed E-state index contributed by atoms with van der Waals surface area (Å²) in [7, 11) is 6.25. The van der Waals surface area contributed by atoms with Crippen molar-refractivity contribution in [3.8, 4) is 0 Å². The predicted molar refractivity (Wildman–Crippen MR) is 99.6 cm³/mol. The normalized spacial score (nSPS) is 10.8. The number of pyridine rings is 1. The highest BCUT2D eigenvalue weighted by Gasteiger charge is 2.12. The van der Waals surface area contributed by atoms with Gasteiger partial charge in [0, 0.05) is 42.9 Å². The molecule has 0 radical (unpaired) electrons. The number of hydrogen-bond donors (Lipinski definition) is 0. The number of aromatic nitrogens is 1. The Balaban J connectivity index is 0.00000208. The highest BCUT2D eigenvalue weighted by Crippen LogP contribution is 2.17. The Labute approximate surface area is 161 Å². The summed E-state index contributed by atoms with van der Waals surface area (Å²) in [5.41, 5.74) is 6.20. The van der Waals surface area contributed by atoms with Gasteiger partial charge in [-0.05, 0) is 42.8 Å². The van der Waals surface area contributed by atoms with E-state index in [-0.39, 0.29) is 24.0 Å². The Morgan fingerprint density at radius 3 is 2.25 bits per heavy atom. The van der Waals surface area contributed by atoms with Gasteiger partial charge in [0.25, 0.3) is 0 Å². The Morgan fingerprint density at radius 1 is 0.917 bits per heavy atom. The molecule has 2 nitrogen and oxygen atoms in total. The van der Waals surface area contributed by atoms with E-state index in [0.29, 0.717) is 0 Å². The molecule has 0 aliphatic rings. The lowest BCUT2D eigenvalue weighted by Crippen LogP contribution is -3.00. The van der Waals surface area contributed by atoms with E-state index < -0.39 is 0 Å². The van der Waals surface area contributed by atoms with E-state index in [1.165, 1.54) is 33.4 Å². The van der Waals surface area contributed by atoms with Crippen molar-refractivity contribution in [1.29, 1.82) is 0 Å². The average Bonchev–Trinajstić information content (AvgIpc) is 2.55. The third-order valence-corrected chi connectivity index (χ3v) is 4.28. The summed E-state index contributed by atoms with van der Waals surface area (Å²) in [4.78, 5) is 2.11. The van der Waals surface area contributed by atoms with Crippen LogP contribution in [0.4, 0.5) is 5.69 Å². The summed E-state index contributed by atoms with van der Waals surface area (Å²) >= 11 is 0. The van der Waals surface area contributed by atoms with Crippen molar-refractivity contribution in [3.05, 3.63) is 71.4 Å². The summed E-state index contributed by atoms with van der Waals surface area (Å²) in [6.07, 6.45) is 4.38. The summed E-state index contributed by atoms with van der Waals surface area (Å²) in [6.45, 7) is 2.17. The van der Waals surface area contributed by atoms with Crippen molar-refractivity contribution < 1.29 is 28.5 Å². The minimum atomic E-state index is 0. The fourth-order valence-corrected chi connectivity index (χ4v) is 2.92. The molecule has 0 aliphatic carbocycles. The molecule has 124 valence electrons. The van der Waals surface area contributed by atoms with Gasteiger partial charge in [-0.2, -0.15) is 4.57 Å². The lowest BCUT2D eigenvalue weighted by molar-refractivity contribution is -0.647. The van der Waals surface area contributed by atoms with Gasteiger partial charge in [0.2, 0.25) is 11.2 Å². The molecule has 1 heterocycles. The van der Waals surface area contributed by atoms with Crippen LogP contribution in [0.2, 0.25) is 0 Å². The van der Waals surface area contributed by atoms with Crippen molar-refractivity contribution in [1.82, 2.24) is 0 Å². The zero-order chi connectivity index (χ0) is 16.4. The zero-order valence-electron chi connectivity index (χ0n) is 14.6. The predicted octanol–water partition coefficient (Wildman–Crippen LogP) is 1.21. The van der Waals surface area contributed by atoms with Gasteiger partial charge in [0.15, 0.2) is 0 Å². The van der Waals surface area contributed by atoms with Crippen molar-refractivity contribution in [2.24, 2.45) is 7.05 Å². The lowest BCUT2D eigenvalue weighted by Gasteiger charge is -2.11. The van der Waals surface area contributed by atoms with E-state index in [2.05, 4.69) is 104 Å². The molecule has 3 aromatic rings. The Hall–Kier alpha value is -1.88. The smallest absolute Gasteiger partial charge is 0.212 e. The largest absolute Gasteiger partial charge is 1.00 e. The van der Waals surface area contributed by atoms with Crippen LogP contribution in [0.3, 0.4) is 0 Å². The molecule has 0 amide bonds. The number of fused-ring (bicyclic) bond motifs is 1. The van der Waals surface area contributed by atoms with E-state index in [0.717, 1.165) is 0 Å². The number of aryl methyl sites for hydroxylation is 2. The van der Waals surface area contributed by atoms with Gasteiger partial charge in [0.1, 0.15) is 7.05 Å². The molecule has 3 heteroatoms. The maximum absolute atomic E-state index is 2.26. The van der Waals surface area contributed by atoms with Gasteiger partial charge in [0.05, 0.1) is 0 Å². The third kappa shape index (κ3) is 3.78. The zero-order valence-corrected chi connectivity index (χ0v) is 16.8. The van der Waals surface area contributed by atoms with Crippen molar-refractivity contribution in [2.75, 3.05) is 19.0 Å². The van der Waals surface area contributed by atoms with Gasteiger partial charge >= 0.3 is 0 Å². The second-order valence-corrected chi connectivity index (χ2v) is 6.15. The fourth-order valence-electron chi connectivity index (χ4n) is 2.92. The van der Waals surface area contributed by atoms with Gasteiger partial charge in [-0.25, -0.2) is 0 Å². The molecule has 0 N–H and O–H groups in total. The monoisotopic (exact) mass is 430 g/mol. The van der Waals surface area contributed by atoms with Crippen LogP contribution in [0.1, 0.15) is 16.8 Å². The Kier molecular flexibility index (Phi) is 5.99. The van der Waals surface area contributed by atoms with Crippen LogP contribution in [0.15, 0.2) is 54.6 Å². The summed E-state index contributed by atoms with van der Waals surface area (Å²) in [6, 6.07) is 19.4. The van der Waals surface area contributed by atoms with Crippen molar-refractivity contribution in [3.63, 3.8) is 0 Å². The molecular formula is C21H23IN2. The van der Waals surface area contributed by atoms with Gasteiger partial charge in [-0.15, -0.1) is 0 Å². The number of benzene rings is 2. The van der Waals surface area contributed by atoms with Gasteiger partial charge in [-0.3, -0.25) is 0 Å². The quantitative estimate of drug-likeness (QED) is 0.448. The lowest BCUT2D eigenvalue weighted by atomic mass is 10.1. The topological polar surface area (TPSA) is 7.12 Å². The number of hydrogen-bond acceptors (Lipinski definition) is 1. The Morgan fingerprint density at radius 2 is 1.58 bits per heavy atom. The van der Waals surface area contributed by atoms with Crippen molar-refractivity contribution >= 4 is 28.7 Å². The van der Waals surface area contributed by atoms with Crippen LogP contribution in [0, 0.1) is 6.92 Å². The first kappa shape index (κ1) is 18.5. The van der Waals surface area contributed by atoms with E-state index in [4.69, 9.17) is 0 Å². The summed E-state index contributed by atoms with van der Waals surface area (Å²) < 4.78 is 2.26. The van der Waals surface area contributed by atoms with Gasteiger partial charge in [-0.1, -0.05) is 24.3 Å². The van der Waals surface area contributed by atoms with Crippen LogP contribution in [-0.4, -0.2) is 14.1 Å². The number of nitrogens with zero attached hydrogens (tertiary/aromatic N) is 2. The number of para-hydroxylation sites is 1. The van der Waals surface area contributed by atoms with E-state index in [9.17, 15) is 0 Å². The molecule has 1 aromatic heterocycles. The fraction of sp³-hybridized carbons (Fsp3) is 0.190. The van der Waals surface area contributed by atoms with Crippen LogP contribution in [-0.2, 0) is 7.05 Å². The molecule has 0 spiro atoms. The number of anilines is 1. The molecule has 0 atom stereocenters. The molecule has 0 saturated heterocycles. The maximum atomic E-state index is 2.26. The SMILES string of the molecule is Cc1cc2ccccc2[n+](C)c1C=Cc1ccc(N(C)C)cc1.[I-]. The number of rotatable bonds is 3. The maximum Gasteiger partial charge on any atom is 0.212 e. The molecule has 0 saturated carbocycles. The molecule has 3 rings (SSSR count). The average molecular weight is 430 g/mol. The van der Waals surface area contributed by atoms with E-state index in [1.807, 2.05) is 0 Å². The second-order valence-electron chi connectivity index (χ2n) is 6.15. The molecule has 24 heavy (non-hydrogen) atoms. The Bertz CT molecular complexity index is 865. The minimum absolute atomic E-state index is 0. The van der Waals surface area contributed by atoms with Crippen LogP contribution < -0.4 is 33.4 Å². The molecule has 2 aromatic carbocycles. The number of halogens is 1. The highest BCUT2D eigenvalue weighted by atomic mass is 127.